The van der Waals surface area contributed by atoms with Crippen molar-refractivity contribution in [2.45, 2.75) is 31.9 Å². The summed E-state index contributed by atoms with van der Waals surface area (Å²) in [4.78, 5) is 0. The SMILES string of the molecule is CCC[C@@H](O)[C@@H](N)c1c(O)cc(O)cc1O. The zero-order valence-corrected chi connectivity index (χ0v) is 9.09. The van der Waals surface area contributed by atoms with Gasteiger partial charge in [-0.25, -0.2) is 0 Å². The number of aliphatic hydroxyl groups excluding tert-OH is 1. The molecule has 16 heavy (non-hydrogen) atoms. The van der Waals surface area contributed by atoms with Crippen LogP contribution in [0.15, 0.2) is 12.1 Å². The number of nitrogens with two attached hydrogens (primary N) is 1. The molecule has 0 aliphatic carbocycles. The minimum Gasteiger partial charge on any atom is -0.508 e. The van der Waals surface area contributed by atoms with Crippen LogP contribution in [0.1, 0.15) is 31.4 Å². The van der Waals surface area contributed by atoms with Gasteiger partial charge in [0.2, 0.25) is 0 Å². The molecule has 6 N–H and O–H groups in total. The summed E-state index contributed by atoms with van der Waals surface area (Å²) >= 11 is 0. The number of aromatic hydroxyl groups is 3. The molecule has 0 aromatic heterocycles. The molecule has 1 aromatic carbocycles. The molecule has 0 amide bonds. The highest BCUT2D eigenvalue weighted by Crippen LogP contribution is 2.37. The van der Waals surface area contributed by atoms with Gasteiger partial charge in [0.25, 0.3) is 0 Å². The predicted octanol–water partition coefficient (Wildman–Crippen LogP) is 0.964. The van der Waals surface area contributed by atoms with Crippen LogP contribution in [0, 0.1) is 0 Å². The molecule has 0 radical (unpaired) electrons. The Labute approximate surface area is 93.8 Å². The summed E-state index contributed by atoms with van der Waals surface area (Å²) in [6.07, 6.45) is 0.376. The Bertz CT molecular complexity index is 344. The second-order valence-corrected chi connectivity index (χ2v) is 3.78. The number of hydrogen-bond donors (Lipinski definition) is 5. The summed E-state index contributed by atoms with van der Waals surface area (Å²) in [7, 11) is 0. The maximum Gasteiger partial charge on any atom is 0.127 e. The third-order valence-electron chi connectivity index (χ3n) is 2.45. The fourth-order valence-electron chi connectivity index (χ4n) is 1.62. The molecule has 0 spiro atoms. The van der Waals surface area contributed by atoms with Crippen LogP contribution in [-0.4, -0.2) is 26.5 Å². The summed E-state index contributed by atoms with van der Waals surface area (Å²) in [5, 5.41) is 37.9. The van der Waals surface area contributed by atoms with E-state index < -0.39 is 12.1 Å². The van der Waals surface area contributed by atoms with E-state index in [4.69, 9.17) is 10.8 Å². The van der Waals surface area contributed by atoms with E-state index >= 15 is 0 Å². The van der Waals surface area contributed by atoms with Gasteiger partial charge < -0.3 is 26.2 Å². The second-order valence-electron chi connectivity index (χ2n) is 3.78. The van der Waals surface area contributed by atoms with Crippen molar-refractivity contribution in [3.8, 4) is 17.2 Å². The normalized spacial score (nSPS) is 14.7. The third kappa shape index (κ3) is 2.56. The smallest absolute Gasteiger partial charge is 0.127 e. The van der Waals surface area contributed by atoms with Crippen LogP contribution in [0.3, 0.4) is 0 Å². The first-order valence-corrected chi connectivity index (χ1v) is 5.15. The van der Waals surface area contributed by atoms with E-state index in [0.717, 1.165) is 18.6 Å². The Morgan fingerprint density at radius 2 is 1.69 bits per heavy atom. The number of hydrogen-bond acceptors (Lipinski definition) is 5. The summed E-state index contributed by atoms with van der Waals surface area (Å²) in [6, 6.07) is 1.28. The highest BCUT2D eigenvalue weighted by Gasteiger charge is 2.23. The first-order chi connectivity index (χ1) is 7.47. The monoisotopic (exact) mass is 227 g/mol. The van der Waals surface area contributed by atoms with Crippen molar-refractivity contribution in [1.29, 1.82) is 0 Å². The molecule has 0 saturated carbocycles. The zero-order chi connectivity index (χ0) is 12.3. The van der Waals surface area contributed by atoms with Crippen molar-refractivity contribution in [3.05, 3.63) is 17.7 Å². The highest BCUT2D eigenvalue weighted by atomic mass is 16.3. The van der Waals surface area contributed by atoms with E-state index in [2.05, 4.69) is 0 Å². The lowest BCUT2D eigenvalue weighted by molar-refractivity contribution is 0.132. The lowest BCUT2D eigenvalue weighted by Crippen LogP contribution is -2.26. The maximum atomic E-state index is 9.68. The summed E-state index contributed by atoms with van der Waals surface area (Å²) in [5.74, 6) is -0.892. The Morgan fingerprint density at radius 1 is 1.19 bits per heavy atom. The molecule has 2 atom stereocenters. The molecule has 5 nitrogen and oxygen atoms in total. The van der Waals surface area contributed by atoms with Crippen LogP contribution < -0.4 is 5.73 Å². The van der Waals surface area contributed by atoms with Gasteiger partial charge in [-0.3, -0.25) is 0 Å². The average Bonchev–Trinajstić information content (AvgIpc) is 2.16. The van der Waals surface area contributed by atoms with Gasteiger partial charge in [-0.05, 0) is 6.42 Å². The number of phenols is 3. The predicted molar refractivity (Wildman–Crippen MR) is 59.3 cm³/mol. The molecule has 0 aliphatic rings. The van der Waals surface area contributed by atoms with Crippen molar-refractivity contribution in [2.24, 2.45) is 5.73 Å². The largest absolute Gasteiger partial charge is 0.508 e. The second kappa shape index (κ2) is 5.05. The van der Waals surface area contributed by atoms with Gasteiger partial charge in [-0.15, -0.1) is 0 Å². The summed E-state index contributed by atoms with van der Waals surface area (Å²) in [6.45, 7) is 1.90. The van der Waals surface area contributed by atoms with Crippen LogP contribution in [0.25, 0.3) is 0 Å². The van der Waals surface area contributed by atoms with Crippen molar-refractivity contribution in [3.63, 3.8) is 0 Å². The first kappa shape index (κ1) is 12.6. The average molecular weight is 227 g/mol. The summed E-state index contributed by atoms with van der Waals surface area (Å²) < 4.78 is 0. The molecule has 0 unspecified atom stereocenters. The van der Waals surface area contributed by atoms with Gasteiger partial charge in [0.05, 0.1) is 17.7 Å². The fraction of sp³-hybridized carbons (Fsp3) is 0.455. The maximum absolute atomic E-state index is 9.68. The van der Waals surface area contributed by atoms with Gasteiger partial charge >= 0.3 is 0 Å². The molecule has 0 bridgehead atoms. The number of rotatable bonds is 4. The van der Waals surface area contributed by atoms with Gasteiger partial charge in [0.15, 0.2) is 0 Å². The minimum absolute atomic E-state index is 0.0544. The molecule has 90 valence electrons. The molecular formula is C11H17NO4. The summed E-state index contributed by atoms with van der Waals surface area (Å²) in [5.41, 5.74) is 5.78. The van der Waals surface area contributed by atoms with Crippen LogP contribution >= 0.6 is 0 Å². The molecule has 0 saturated heterocycles. The van der Waals surface area contributed by atoms with Gasteiger partial charge in [0.1, 0.15) is 17.2 Å². The zero-order valence-electron chi connectivity index (χ0n) is 9.09. The lowest BCUT2D eigenvalue weighted by Gasteiger charge is -2.20. The molecule has 5 heteroatoms. The van der Waals surface area contributed by atoms with E-state index in [9.17, 15) is 15.3 Å². The Balaban J connectivity index is 3.03. The number of aliphatic hydroxyl groups is 1. The van der Waals surface area contributed by atoms with E-state index in [1.54, 1.807) is 0 Å². The fourth-order valence-corrected chi connectivity index (χ4v) is 1.62. The Hall–Kier alpha value is -1.46. The van der Waals surface area contributed by atoms with E-state index in [0.29, 0.717) is 6.42 Å². The van der Waals surface area contributed by atoms with Crippen molar-refractivity contribution in [1.82, 2.24) is 0 Å². The van der Waals surface area contributed by atoms with E-state index in [1.807, 2.05) is 6.92 Å². The van der Waals surface area contributed by atoms with E-state index in [-0.39, 0.29) is 22.8 Å². The molecule has 0 heterocycles. The topological polar surface area (TPSA) is 107 Å². The van der Waals surface area contributed by atoms with Crippen molar-refractivity contribution >= 4 is 0 Å². The molecule has 1 aromatic rings. The quantitative estimate of drug-likeness (QED) is 0.526. The third-order valence-corrected chi connectivity index (χ3v) is 2.45. The van der Waals surface area contributed by atoms with Crippen LogP contribution in [0.2, 0.25) is 0 Å². The number of benzene rings is 1. The van der Waals surface area contributed by atoms with Crippen molar-refractivity contribution in [2.75, 3.05) is 0 Å². The molecule has 1 rings (SSSR count). The van der Waals surface area contributed by atoms with Crippen LogP contribution in [0.5, 0.6) is 17.2 Å². The lowest BCUT2D eigenvalue weighted by atomic mass is 9.97. The van der Waals surface area contributed by atoms with E-state index in [1.165, 1.54) is 0 Å². The Morgan fingerprint density at radius 3 is 2.12 bits per heavy atom. The standard InChI is InChI=1S/C11H17NO4/c1-2-3-7(14)11(12)10-8(15)4-6(13)5-9(10)16/h4-5,7,11,13-16H,2-3,12H2,1H3/t7-,11-/m1/s1. The first-order valence-electron chi connectivity index (χ1n) is 5.15. The minimum atomic E-state index is -0.874. The molecule has 0 fully saturated rings. The van der Waals surface area contributed by atoms with Crippen molar-refractivity contribution < 1.29 is 20.4 Å². The van der Waals surface area contributed by atoms with Gasteiger partial charge in [0, 0.05) is 12.1 Å². The van der Waals surface area contributed by atoms with Crippen LogP contribution in [-0.2, 0) is 0 Å². The Kier molecular flexibility index (Phi) is 3.98. The molecule has 0 aliphatic heterocycles. The van der Waals surface area contributed by atoms with Gasteiger partial charge in [-0.2, -0.15) is 0 Å². The van der Waals surface area contributed by atoms with Gasteiger partial charge in [-0.1, -0.05) is 13.3 Å². The highest BCUT2D eigenvalue weighted by molar-refractivity contribution is 5.50. The van der Waals surface area contributed by atoms with Crippen LogP contribution in [0.4, 0.5) is 0 Å². The number of phenolic OH excluding ortho intramolecular Hbond substituents is 3. The molecular weight excluding hydrogens is 210 g/mol.